The number of hydrogen-bond acceptors (Lipinski definition) is 5. The third-order valence-corrected chi connectivity index (χ3v) is 5.47. The third-order valence-electron chi connectivity index (χ3n) is 5.47. The molecular formula is C17H28N2O3. The maximum Gasteiger partial charge on any atom is 0.258 e. The van der Waals surface area contributed by atoms with E-state index in [1.54, 1.807) is 7.11 Å². The largest absolute Gasteiger partial charge is 0.385 e. The lowest BCUT2D eigenvalue weighted by Crippen LogP contribution is -2.28. The topological polar surface area (TPSA) is 57.4 Å². The van der Waals surface area contributed by atoms with Crippen molar-refractivity contribution in [3.05, 3.63) is 11.7 Å². The lowest BCUT2D eigenvalue weighted by Gasteiger charge is -2.26. The predicted molar refractivity (Wildman–Crippen MR) is 82.7 cm³/mol. The Balaban J connectivity index is 1.85. The van der Waals surface area contributed by atoms with Crippen molar-refractivity contribution in [3.8, 4) is 0 Å². The molecule has 2 aliphatic carbocycles. The van der Waals surface area contributed by atoms with Gasteiger partial charge in [-0.25, -0.2) is 0 Å². The van der Waals surface area contributed by atoms with E-state index in [0.717, 1.165) is 44.5 Å². The number of methoxy groups -OCH3 is 1. The smallest absolute Gasteiger partial charge is 0.258 e. The summed E-state index contributed by atoms with van der Waals surface area (Å²) in [7, 11) is 1.76. The van der Waals surface area contributed by atoms with E-state index in [0.29, 0.717) is 12.5 Å². The number of nitrogens with zero attached hydrogens (tertiary/aromatic N) is 2. The zero-order chi connectivity index (χ0) is 15.5. The van der Waals surface area contributed by atoms with E-state index in [1.807, 2.05) is 6.92 Å². The van der Waals surface area contributed by atoms with Crippen LogP contribution in [0.3, 0.4) is 0 Å². The van der Waals surface area contributed by atoms with Crippen molar-refractivity contribution in [2.24, 2.45) is 0 Å². The highest BCUT2D eigenvalue weighted by Crippen LogP contribution is 2.45. The molecule has 1 aromatic rings. The van der Waals surface area contributed by atoms with Gasteiger partial charge in [0, 0.05) is 25.7 Å². The molecule has 22 heavy (non-hydrogen) atoms. The Morgan fingerprint density at radius 3 is 2.41 bits per heavy atom. The highest BCUT2D eigenvalue weighted by atomic mass is 16.5. The van der Waals surface area contributed by atoms with Crippen molar-refractivity contribution < 1.29 is 14.0 Å². The summed E-state index contributed by atoms with van der Waals surface area (Å²) >= 11 is 0. The molecule has 5 heteroatoms. The van der Waals surface area contributed by atoms with Gasteiger partial charge in [-0.1, -0.05) is 18.0 Å². The Morgan fingerprint density at radius 2 is 1.77 bits per heavy atom. The summed E-state index contributed by atoms with van der Waals surface area (Å²) in [6.45, 7) is 3.47. The maximum absolute atomic E-state index is 6.05. The van der Waals surface area contributed by atoms with Crippen LogP contribution in [0.25, 0.3) is 0 Å². The van der Waals surface area contributed by atoms with Gasteiger partial charge in [0.15, 0.2) is 5.82 Å². The van der Waals surface area contributed by atoms with Crippen LogP contribution in [0.2, 0.25) is 0 Å². The van der Waals surface area contributed by atoms with Crippen molar-refractivity contribution in [1.29, 1.82) is 0 Å². The molecule has 0 aromatic carbocycles. The lowest BCUT2D eigenvalue weighted by atomic mass is 9.82. The average molecular weight is 308 g/mol. The van der Waals surface area contributed by atoms with E-state index >= 15 is 0 Å². The summed E-state index contributed by atoms with van der Waals surface area (Å²) in [5.74, 6) is 1.58. The van der Waals surface area contributed by atoms with Crippen LogP contribution in [0.1, 0.15) is 76.4 Å². The molecule has 0 amide bonds. The van der Waals surface area contributed by atoms with Gasteiger partial charge in [-0.05, 0) is 51.9 Å². The van der Waals surface area contributed by atoms with Crippen molar-refractivity contribution >= 4 is 0 Å². The SMILES string of the molecule is CCOC1(c2nc(C3(CCOC)CCCC3)no2)CCCC1. The van der Waals surface area contributed by atoms with Crippen LogP contribution in [0.4, 0.5) is 0 Å². The molecule has 0 saturated heterocycles. The summed E-state index contributed by atoms with van der Waals surface area (Å²) in [4.78, 5) is 4.83. The van der Waals surface area contributed by atoms with E-state index in [4.69, 9.17) is 19.0 Å². The summed E-state index contributed by atoms with van der Waals surface area (Å²) in [6.07, 6.45) is 10.1. The molecule has 2 fully saturated rings. The maximum atomic E-state index is 6.05. The molecule has 1 heterocycles. The normalized spacial score (nSPS) is 23.2. The Bertz CT molecular complexity index is 474. The molecule has 124 valence electrons. The van der Waals surface area contributed by atoms with Crippen molar-refractivity contribution in [2.45, 2.75) is 75.7 Å². The fourth-order valence-electron chi connectivity index (χ4n) is 4.20. The summed E-state index contributed by atoms with van der Waals surface area (Å²) in [5.41, 5.74) is -0.287. The van der Waals surface area contributed by atoms with Gasteiger partial charge >= 0.3 is 0 Å². The van der Waals surface area contributed by atoms with Crippen molar-refractivity contribution in [3.63, 3.8) is 0 Å². The number of hydrogen-bond donors (Lipinski definition) is 0. The molecule has 0 aliphatic heterocycles. The molecule has 0 unspecified atom stereocenters. The number of rotatable bonds is 7. The quantitative estimate of drug-likeness (QED) is 0.768. The Kier molecular flexibility index (Phi) is 4.83. The second-order valence-corrected chi connectivity index (χ2v) is 6.79. The summed E-state index contributed by atoms with van der Waals surface area (Å²) in [6, 6.07) is 0. The van der Waals surface area contributed by atoms with Gasteiger partial charge in [-0.2, -0.15) is 4.98 Å². The van der Waals surface area contributed by atoms with Gasteiger partial charge in [0.05, 0.1) is 0 Å². The van der Waals surface area contributed by atoms with E-state index in [1.165, 1.54) is 25.7 Å². The fraction of sp³-hybridized carbons (Fsp3) is 0.882. The molecule has 0 bridgehead atoms. The molecule has 0 spiro atoms. The second kappa shape index (κ2) is 6.67. The average Bonchev–Trinajstić information content (AvgIpc) is 3.25. The minimum absolute atomic E-state index is 0.0454. The molecule has 5 nitrogen and oxygen atoms in total. The molecule has 3 rings (SSSR count). The second-order valence-electron chi connectivity index (χ2n) is 6.79. The van der Waals surface area contributed by atoms with Crippen LogP contribution in [-0.4, -0.2) is 30.5 Å². The predicted octanol–water partition coefficient (Wildman–Crippen LogP) is 3.72. The monoisotopic (exact) mass is 308 g/mol. The first-order valence-electron chi connectivity index (χ1n) is 8.72. The summed E-state index contributed by atoms with van der Waals surface area (Å²) in [5, 5.41) is 4.37. The summed E-state index contributed by atoms with van der Waals surface area (Å²) < 4.78 is 17.0. The van der Waals surface area contributed by atoms with Gasteiger partial charge in [0.1, 0.15) is 5.60 Å². The van der Waals surface area contributed by atoms with Crippen LogP contribution in [0.15, 0.2) is 4.52 Å². The van der Waals surface area contributed by atoms with Crippen molar-refractivity contribution in [1.82, 2.24) is 10.1 Å². The first-order valence-corrected chi connectivity index (χ1v) is 8.72. The van der Waals surface area contributed by atoms with E-state index < -0.39 is 0 Å². The molecular weight excluding hydrogens is 280 g/mol. The highest BCUT2D eigenvalue weighted by molar-refractivity contribution is 5.12. The van der Waals surface area contributed by atoms with Crippen LogP contribution in [0, 0.1) is 0 Å². The fourth-order valence-corrected chi connectivity index (χ4v) is 4.20. The molecule has 0 atom stereocenters. The van der Waals surface area contributed by atoms with Gasteiger partial charge in [-0.15, -0.1) is 0 Å². The Labute approximate surface area is 132 Å². The molecule has 0 radical (unpaired) electrons. The van der Waals surface area contributed by atoms with E-state index in [2.05, 4.69) is 5.16 Å². The van der Waals surface area contributed by atoms with E-state index in [9.17, 15) is 0 Å². The van der Waals surface area contributed by atoms with Crippen LogP contribution in [0.5, 0.6) is 0 Å². The van der Waals surface area contributed by atoms with Gasteiger partial charge < -0.3 is 14.0 Å². The molecule has 2 saturated carbocycles. The van der Waals surface area contributed by atoms with Crippen molar-refractivity contribution in [2.75, 3.05) is 20.3 Å². The van der Waals surface area contributed by atoms with Gasteiger partial charge in [0.2, 0.25) is 0 Å². The Morgan fingerprint density at radius 1 is 1.09 bits per heavy atom. The van der Waals surface area contributed by atoms with Gasteiger partial charge in [-0.3, -0.25) is 0 Å². The zero-order valence-corrected chi connectivity index (χ0v) is 13.9. The van der Waals surface area contributed by atoms with E-state index in [-0.39, 0.29) is 11.0 Å². The number of aromatic nitrogens is 2. The minimum atomic E-state index is -0.332. The Hall–Kier alpha value is -0.940. The van der Waals surface area contributed by atoms with Crippen LogP contribution >= 0.6 is 0 Å². The molecule has 0 N–H and O–H groups in total. The molecule has 2 aliphatic rings. The lowest BCUT2D eigenvalue weighted by molar-refractivity contribution is -0.0610. The standard InChI is InChI=1S/C17H28N2O3/c1-3-21-17(10-6-7-11-17)15-18-14(19-22-15)16(12-13-20-2)8-4-5-9-16/h3-13H2,1-2H3. The van der Waals surface area contributed by atoms with Crippen LogP contribution < -0.4 is 0 Å². The molecule has 1 aromatic heterocycles. The third kappa shape index (κ3) is 2.81. The zero-order valence-electron chi connectivity index (χ0n) is 13.9. The van der Waals surface area contributed by atoms with Crippen LogP contribution in [-0.2, 0) is 20.5 Å². The minimum Gasteiger partial charge on any atom is -0.385 e. The van der Waals surface area contributed by atoms with Gasteiger partial charge in [0.25, 0.3) is 5.89 Å². The first kappa shape index (κ1) is 15.9. The highest BCUT2D eigenvalue weighted by Gasteiger charge is 2.45. The number of ether oxygens (including phenoxy) is 2. The first-order chi connectivity index (χ1) is 10.7.